The molecular weight excluding hydrogens is 306 g/mol. The van der Waals surface area contributed by atoms with E-state index >= 15 is 0 Å². The lowest BCUT2D eigenvalue weighted by Gasteiger charge is -2.16. The maximum absolute atomic E-state index is 13.1. The first-order valence-electron chi connectivity index (χ1n) is 7.57. The van der Waals surface area contributed by atoms with Crippen molar-refractivity contribution in [2.45, 2.75) is 26.3 Å². The van der Waals surface area contributed by atoms with E-state index in [9.17, 15) is 4.79 Å². The smallest absolute Gasteiger partial charge is 0.195 e. The Balaban J connectivity index is 2.11. The molecule has 0 N–H and O–H groups in total. The maximum atomic E-state index is 13.1. The largest absolute Gasteiger partial charge is 0.289 e. The lowest BCUT2D eigenvalue weighted by Crippen LogP contribution is -2.16. The summed E-state index contributed by atoms with van der Waals surface area (Å²) in [4.78, 5) is 17.9. The van der Waals surface area contributed by atoms with Crippen molar-refractivity contribution in [3.8, 4) is 0 Å². The normalized spacial score (nSPS) is 16.4. The van der Waals surface area contributed by atoms with Crippen LogP contribution >= 0.6 is 11.6 Å². The number of nitrogens with zero attached hydrogens (tertiary/aromatic N) is 1. The van der Waals surface area contributed by atoms with Gasteiger partial charge in [0.2, 0.25) is 0 Å². The fourth-order valence-electron chi connectivity index (χ4n) is 2.73. The Labute approximate surface area is 141 Å². The maximum Gasteiger partial charge on any atom is 0.195 e. The number of hydrogen-bond donors (Lipinski definition) is 0. The van der Waals surface area contributed by atoms with Crippen LogP contribution in [0.4, 0.5) is 0 Å². The highest BCUT2D eigenvalue weighted by atomic mass is 35.5. The second-order valence-electron chi connectivity index (χ2n) is 6.22. The van der Waals surface area contributed by atoms with Gasteiger partial charge in [-0.3, -0.25) is 9.79 Å². The van der Waals surface area contributed by atoms with Crippen LogP contribution in [-0.4, -0.2) is 17.0 Å². The van der Waals surface area contributed by atoms with Crippen molar-refractivity contribution in [2.24, 2.45) is 4.99 Å². The van der Waals surface area contributed by atoms with Crippen LogP contribution in [0.1, 0.15) is 36.7 Å². The van der Waals surface area contributed by atoms with E-state index in [1.165, 1.54) is 0 Å². The first-order chi connectivity index (χ1) is 10.9. The number of allylic oxidation sites excluding steroid dienone is 1. The molecule has 0 spiro atoms. The van der Waals surface area contributed by atoms with Crippen LogP contribution in [0.3, 0.4) is 0 Å². The lowest BCUT2D eigenvalue weighted by atomic mass is 9.88. The summed E-state index contributed by atoms with van der Waals surface area (Å²) in [5.41, 5.74) is 3.69. The Morgan fingerprint density at radius 1 is 1.00 bits per heavy atom. The number of benzene rings is 2. The zero-order chi connectivity index (χ0) is 16.6. The Morgan fingerprint density at radius 2 is 1.61 bits per heavy atom. The Hall–Kier alpha value is -2.19. The van der Waals surface area contributed by atoms with Crippen LogP contribution in [0.15, 0.2) is 70.7 Å². The minimum atomic E-state index is -0.372. The second kappa shape index (κ2) is 5.78. The van der Waals surface area contributed by atoms with Gasteiger partial charge in [-0.25, -0.2) is 0 Å². The van der Waals surface area contributed by atoms with E-state index in [1.807, 2.05) is 51.1 Å². The average molecular weight is 324 g/mol. The minimum Gasteiger partial charge on any atom is -0.289 e. The van der Waals surface area contributed by atoms with Crippen molar-refractivity contribution in [3.05, 3.63) is 81.9 Å². The Kier molecular flexibility index (Phi) is 3.95. The van der Waals surface area contributed by atoms with E-state index in [4.69, 9.17) is 16.6 Å². The summed E-state index contributed by atoms with van der Waals surface area (Å²) in [6.07, 6.45) is 0. The van der Waals surface area contributed by atoms with E-state index in [-0.39, 0.29) is 11.3 Å². The zero-order valence-electron chi connectivity index (χ0n) is 13.4. The molecule has 0 saturated heterocycles. The molecule has 0 atom stereocenters. The van der Waals surface area contributed by atoms with E-state index in [0.29, 0.717) is 16.2 Å². The molecule has 23 heavy (non-hydrogen) atoms. The summed E-state index contributed by atoms with van der Waals surface area (Å²) in [5, 5.41) is 0.621. The van der Waals surface area contributed by atoms with Crippen LogP contribution in [0.5, 0.6) is 0 Å². The molecule has 0 fully saturated rings. The number of halogens is 1. The third kappa shape index (κ3) is 2.87. The highest BCUT2D eigenvalue weighted by Gasteiger charge is 2.35. The summed E-state index contributed by atoms with van der Waals surface area (Å²) in [6, 6.07) is 16.9. The number of ketones is 1. The highest BCUT2D eigenvalue weighted by molar-refractivity contribution is 6.35. The molecule has 0 aliphatic carbocycles. The summed E-state index contributed by atoms with van der Waals surface area (Å²) < 4.78 is 0. The fourth-order valence-corrected chi connectivity index (χ4v) is 2.86. The Bertz CT molecular complexity index is 814. The third-order valence-corrected chi connectivity index (χ3v) is 4.55. The molecule has 116 valence electrons. The summed E-state index contributed by atoms with van der Waals surface area (Å²) in [7, 11) is 0. The molecule has 1 heterocycles. The standard InChI is InChI=1S/C20H18ClNO/c1-13-17(19(23)15-9-11-16(21)12-10-15)18(22-20(13,2)3)14-7-5-4-6-8-14/h4-12H,1-3H3. The summed E-state index contributed by atoms with van der Waals surface area (Å²) in [6.45, 7) is 6.06. The van der Waals surface area contributed by atoms with E-state index in [2.05, 4.69) is 0 Å². The van der Waals surface area contributed by atoms with Crippen molar-refractivity contribution in [3.63, 3.8) is 0 Å². The van der Waals surface area contributed by atoms with Gasteiger partial charge < -0.3 is 0 Å². The first-order valence-corrected chi connectivity index (χ1v) is 7.95. The lowest BCUT2D eigenvalue weighted by molar-refractivity contribution is 0.103. The number of rotatable bonds is 3. The molecule has 3 rings (SSSR count). The molecule has 0 unspecified atom stereocenters. The van der Waals surface area contributed by atoms with Gasteiger partial charge in [-0.2, -0.15) is 0 Å². The van der Waals surface area contributed by atoms with Crippen molar-refractivity contribution in [2.75, 3.05) is 0 Å². The molecule has 0 bridgehead atoms. The predicted molar refractivity (Wildman–Crippen MR) is 95.5 cm³/mol. The molecule has 1 aliphatic rings. The Morgan fingerprint density at radius 3 is 2.22 bits per heavy atom. The molecule has 0 saturated carbocycles. The van der Waals surface area contributed by atoms with Crippen LogP contribution in [0.2, 0.25) is 5.02 Å². The van der Waals surface area contributed by atoms with Gasteiger partial charge in [-0.15, -0.1) is 0 Å². The van der Waals surface area contributed by atoms with E-state index in [0.717, 1.165) is 16.8 Å². The third-order valence-electron chi connectivity index (χ3n) is 4.30. The predicted octanol–water partition coefficient (Wildman–Crippen LogP) is 5.12. The molecule has 2 aromatic carbocycles. The van der Waals surface area contributed by atoms with Gasteiger partial charge in [0, 0.05) is 21.7 Å². The molecule has 0 aromatic heterocycles. The molecular formula is C20H18ClNO. The van der Waals surface area contributed by atoms with Crippen molar-refractivity contribution >= 4 is 23.1 Å². The van der Waals surface area contributed by atoms with Crippen molar-refractivity contribution in [1.29, 1.82) is 0 Å². The molecule has 1 aliphatic heterocycles. The molecule has 2 nitrogen and oxygen atoms in total. The van der Waals surface area contributed by atoms with Crippen LogP contribution in [0.25, 0.3) is 0 Å². The van der Waals surface area contributed by atoms with Gasteiger partial charge in [0.25, 0.3) is 0 Å². The second-order valence-corrected chi connectivity index (χ2v) is 6.66. The fraction of sp³-hybridized carbons (Fsp3) is 0.200. The van der Waals surface area contributed by atoms with Crippen LogP contribution in [0, 0.1) is 0 Å². The molecule has 2 aromatic rings. The number of aliphatic imine (C=N–C) groups is 1. The first kappa shape index (κ1) is 15.7. The molecule has 0 amide bonds. The van der Waals surface area contributed by atoms with Crippen molar-refractivity contribution in [1.82, 2.24) is 0 Å². The van der Waals surface area contributed by atoms with Gasteiger partial charge in [-0.1, -0.05) is 41.9 Å². The molecule has 3 heteroatoms. The monoisotopic (exact) mass is 323 g/mol. The van der Waals surface area contributed by atoms with Gasteiger partial charge in [0.05, 0.1) is 11.3 Å². The topological polar surface area (TPSA) is 29.4 Å². The van der Waals surface area contributed by atoms with Crippen LogP contribution < -0.4 is 0 Å². The van der Waals surface area contributed by atoms with Crippen molar-refractivity contribution < 1.29 is 4.79 Å². The van der Waals surface area contributed by atoms with E-state index < -0.39 is 0 Å². The SMILES string of the molecule is CC1=C(C(=O)c2ccc(Cl)cc2)C(c2ccccc2)=NC1(C)C. The zero-order valence-corrected chi connectivity index (χ0v) is 14.2. The van der Waals surface area contributed by atoms with Gasteiger partial charge in [0.15, 0.2) is 5.78 Å². The number of hydrogen-bond acceptors (Lipinski definition) is 2. The van der Waals surface area contributed by atoms with Crippen LogP contribution in [-0.2, 0) is 0 Å². The minimum absolute atomic E-state index is 0.00709. The van der Waals surface area contributed by atoms with Gasteiger partial charge >= 0.3 is 0 Å². The summed E-state index contributed by atoms with van der Waals surface area (Å²) >= 11 is 5.93. The van der Waals surface area contributed by atoms with E-state index in [1.54, 1.807) is 24.3 Å². The summed E-state index contributed by atoms with van der Waals surface area (Å²) in [5.74, 6) is -0.00709. The number of carbonyl (C=O) groups excluding carboxylic acids is 1. The van der Waals surface area contributed by atoms with Gasteiger partial charge in [0.1, 0.15) is 0 Å². The number of Topliss-reactive ketones (excluding diaryl/α,β-unsaturated/α-hetero) is 1. The highest BCUT2D eigenvalue weighted by Crippen LogP contribution is 2.35. The van der Waals surface area contributed by atoms with Gasteiger partial charge in [-0.05, 0) is 50.6 Å². The number of carbonyl (C=O) groups is 1. The molecule has 0 radical (unpaired) electrons. The average Bonchev–Trinajstić information content (AvgIpc) is 2.79. The quantitative estimate of drug-likeness (QED) is 0.721.